The fourth-order valence-corrected chi connectivity index (χ4v) is 3.32. The number of nitrogens with zero attached hydrogens (tertiary/aromatic N) is 2. The molecule has 0 radical (unpaired) electrons. The number of aromatic nitrogens is 3. The van der Waals surface area contributed by atoms with Crippen molar-refractivity contribution in [1.82, 2.24) is 14.8 Å². The van der Waals surface area contributed by atoms with Gasteiger partial charge in [0.05, 0.1) is 11.8 Å². The van der Waals surface area contributed by atoms with E-state index in [0.29, 0.717) is 11.0 Å². The predicted octanol–water partition coefficient (Wildman–Crippen LogP) is 2.68. The van der Waals surface area contributed by atoms with Gasteiger partial charge in [-0.2, -0.15) is 0 Å². The monoisotopic (exact) mass is 338 g/mol. The van der Waals surface area contributed by atoms with Crippen LogP contribution in [-0.4, -0.2) is 20.7 Å². The second-order valence-electron chi connectivity index (χ2n) is 6.60. The van der Waals surface area contributed by atoms with Gasteiger partial charge < -0.3 is 5.32 Å². The Bertz CT molecular complexity index is 1020. The molecule has 2 N–H and O–H groups in total. The van der Waals surface area contributed by atoms with Crippen LogP contribution in [0.2, 0.25) is 0 Å². The highest BCUT2D eigenvalue weighted by Crippen LogP contribution is 2.21. The Balaban J connectivity index is 1.93. The second-order valence-corrected chi connectivity index (χ2v) is 6.60. The number of H-pyrrole nitrogens is 1. The lowest BCUT2D eigenvalue weighted by Gasteiger charge is -2.12. The number of benzene rings is 1. The van der Waals surface area contributed by atoms with E-state index in [1.807, 2.05) is 39.8 Å². The summed E-state index contributed by atoms with van der Waals surface area (Å²) in [5.74, 6) is -0.121. The quantitative estimate of drug-likeness (QED) is 0.770. The molecular weight excluding hydrogens is 316 g/mol. The molecule has 0 aliphatic rings. The summed E-state index contributed by atoms with van der Waals surface area (Å²) in [7, 11) is 1.75. The Kier molecular flexibility index (Phi) is 4.20. The summed E-state index contributed by atoms with van der Waals surface area (Å²) in [5.41, 5.74) is 5.77. The predicted molar refractivity (Wildman–Crippen MR) is 99.1 cm³/mol. The molecule has 0 unspecified atom stereocenters. The largest absolute Gasteiger partial charge is 0.326 e. The van der Waals surface area contributed by atoms with Crippen molar-refractivity contribution in [1.29, 1.82) is 0 Å². The van der Waals surface area contributed by atoms with Gasteiger partial charge in [0, 0.05) is 18.4 Å². The number of anilines is 1. The van der Waals surface area contributed by atoms with Crippen LogP contribution in [0.1, 0.15) is 27.9 Å². The summed E-state index contributed by atoms with van der Waals surface area (Å²) in [6, 6.07) is 5.94. The molecule has 1 amide bonds. The van der Waals surface area contributed by atoms with Gasteiger partial charge in [0.25, 0.3) is 5.56 Å². The average molecular weight is 338 g/mol. The van der Waals surface area contributed by atoms with Crippen LogP contribution >= 0.6 is 0 Å². The molecule has 0 bridgehead atoms. The summed E-state index contributed by atoms with van der Waals surface area (Å²) in [6.45, 7) is 7.72. The molecule has 2 aromatic heterocycles. The number of rotatable bonds is 3. The highest BCUT2D eigenvalue weighted by Gasteiger charge is 2.17. The summed E-state index contributed by atoms with van der Waals surface area (Å²) in [5, 5.41) is 6.19. The second kappa shape index (κ2) is 6.20. The van der Waals surface area contributed by atoms with Crippen LogP contribution in [0.15, 0.2) is 23.0 Å². The molecule has 1 aromatic carbocycles. The average Bonchev–Trinajstić information content (AvgIpc) is 2.76. The maximum atomic E-state index is 12.5. The standard InChI is InChI=1S/C19H22N4O2/c1-10-6-11(2)8-14(7-10)21-16(24)9-15-12(3)17-18(20-13(15)4)23(5)22-19(17)25/h6-8H,9H2,1-5H3,(H,21,24)(H,22,25). The smallest absolute Gasteiger partial charge is 0.273 e. The Hall–Kier alpha value is -2.89. The molecule has 0 atom stereocenters. The summed E-state index contributed by atoms with van der Waals surface area (Å²) in [6.07, 6.45) is 0.182. The van der Waals surface area contributed by atoms with Crippen molar-refractivity contribution in [2.45, 2.75) is 34.1 Å². The van der Waals surface area contributed by atoms with E-state index in [1.54, 1.807) is 11.7 Å². The van der Waals surface area contributed by atoms with E-state index in [2.05, 4.69) is 21.5 Å². The van der Waals surface area contributed by atoms with Crippen molar-refractivity contribution in [2.75, 3.05) is 5.32 Å². The SMILES string of the molecule is Cc1cc(C)cc(NC(=O)Cc2c(C)nc3c(c2C)c(=O)[nH]n3C)c1. The van der Waals surface area contributed by atoms with Crippen LogP contribution in [-0.2, 0) is 18.3 Å². The number of carbonyl (C=O) groups excluding carboxylic acids is 1. The lowest BCUT2D eigenvalue weighted by molar-refractivity contribution is -0.115. The van der Waals surface area contributed by atoms with Gasteiger partial charge >= 0.3 is 0 Å². The fraction of sp³-hybridized carbons (Fsp3) is 0.316. The van der Waals surface area contributed by atoms with Gasteiger partial charge in [0.2, 0.25) is 5.91 Å². The third-order valence-corrected chi connectivity index (χ3v) is 4.42. The molecule has 0 aliphatic heterocycles. The summed E-state index contributed by atoms with van der Waals surface area (Å²) >= 11 is 0. The lowest BCUT2D eigenvalue weighted by Crippen LogP contribution is -2.17. The zero-order chi connectivity index (χ0) is 18.3. The van der Waals surface area contributed by atoms with Crippen molar-refractivity contribution in [2.24, 2.45) is 7.05 Å². The first-order valence-corrected chi connectivity index (χ1v) is 8.19. The van der Waals surface area contributed by atoms with Crippen molar-refractivity contribution in [3.05, 3.63) is 56.5 Å². The van der Waals surface area contributed by atoms with E-state index < -0.39 is 0 Å². The van der Waals surface area contributed by atoms with E-state index in [-0.39, 0.29) is 17.9 Å². The van der Waals surface area contributed by atoms with Crippen molar-refractivity contribution in [3.63, 3.8) is 0 Å². The molecule has 0 fully saturated rings. The van der Waals surface area contributed by atoms with Crippen LogP contribution in [0.4, 0.5) is 5.69 Å². The van der Waals surface area contributed by atoms with Gasteiger partial charge in [0.15, 0.2) is 5.65 Å². The van der Waals surface area contributed by atoms with Crippen LogP contribution in [0.25, 0.3) is 11.0 Å². The maximum Gasteiger partial charge on any atom is 0.273 e. The first kappa shape index (κ1) is 17.0. The summed E-state index contributed by atoms with van der Waals surface area (Å²) < 4.78 is 1.61. The third-order valence-electron chi connectivity index (χ3n) is 4.42. The molecule has 0 saturated heterocycles. The number of hydrogen-bond donors (Lipinski definition) is 2. The fourth-order valence-electron chi connectivity index (χ4n) is 3.32. The molecule has 0 saturated carbocycles. The van der Waals surface area contributed by atoms with Gasteiger partial charge in [-0.25, -0.2) is 4.98 Å². The number of fused-ring (bicyclic) bond motifs is 1. The van der Waals surface area contributed by atoms with E-state index in [9.17, 15) is 9.59 Å². The summed E-state index contributed by atoms with van der Waals surface area (Å²) in [4.78, 5) is 29.1. The highest BCUT2D eigenvalue weighted by molar-refractivity contribution is 5.93. The van der Waals surface area contributed by atoms with Gasteiger partial charge in [-0.05, 0) is 62.1 Å². The number of aromatic amines is 1. The van der Waals surface area contributed by atoms with E-state index in [0.717, 1.165) is 33.6 Å². The minimum atomic E-state index is -0.182. The van der Waals surface area contributed by atoms with Crippen LogP contribution in [0.3, 0.4) is 0 Å². The van der Waals surface area contributed by atoms with Crippen LogP contribution < -0.4 is 10.9 Å². The number of carbonyl (C=O) groups is 1. The highest BCUT2D eigenvalue weighted by atomic mass is 16.1. The van der Waals surface area contributed by atoms with Crippen molar-refractivity contribution >= 4 is 22.6 Å². The van der Waals surface area contributed by atoms with Gasteiger partial charge in [-0.15, -0.1) is 0 Å². The number of amides is 1. The molecule has 6 heteroatoms. The molecule has 0 aliphatic carbocycles. The minimum absolute atomic E-state index is 0.121. The van der Waals surface area contributed by atoms with E-state index in [1.165, 1.54) is 0 Å². The molecule has 25 heavy (non-hydrogen) atoms. The normalized spacial score (nSPS) is 11.1. The van der Waals surface area contributed by atoms with Gasteiger partial charge in [-0.1, -0.05) is 6.07 Å². The Labute approximate surface area is 145 Å². The van der Waals surface area contributed by atoms with Gasteiger partial charge in [-0.3, -0.25) is 19.4 Å². The molecule has 3 aromatic rings. The zero-order valence-corrected chi connectivity index (χ0v) is 15.2. The minimum Gasteiger partial charge on any atom is -0.326 e. The van der Waals surface area contributed by atoms with Crippen molar-refractivity contribution < 1.29 is 4.79 Å². The number of hydrogen-bond acceptors (Lipinski definition) is 3. The first-order chi connectivity index (χ1) is 11.8. The van der Waals surface area contributed by atoms with E-state index >= 15 is 0 Å². The van der Waals surface area contributed by atoms with E-state index in [4.69, 9.17) is 0 Å². The molecule has 0 spiro atoms. The molecule has 3 rings (SSSR count). The Morgan fingerprint density at radius 3 is 2.44 bits per heavy atom. The van der Waals surface area contributed by atoms with Crippen LogP contribution in [0.5, 0.6) is 0 Å². The Morgan fingerprint density at radius 2 is 1.80 bits per heavy atom. The molecule has 130 valence electrons. The number of aryl methyl sites for hydroxylation is 5. The lowest BCUT2D eigenvalue weighted by atomic mass is 10.0. The topological polar surface area (TPSA) is 79.8 Å². The molecule has 6 nitrogen and oxygen atoms in total. The number of nitrogens with one attached hydrogen (secondary N) is 2. The zero-order valence-electron chi connectivity index (χ0n) is 15.2. The third kappa shape index (κ3) is 3.20. The number of pyridine rings is 1. The van der Waals surface area contributed by atoms with Crippen molar-refractivity contribution in [3.8, 4) is 0 Å². The van der Waals surface area contributed by atoms with Crippen LogP contribution in [0, 0.1) is 27.7 Å². The Morgan fingerprint density at radius 1 is 1.16 bits per heavy atom. The molecule has 2 heterocycles. The van der Waals surface area contributed by atoms with Gasteiger partial charge in [0.1, 0.15) is 0 Å². The maximum absolute atomic E-state index is 12.5. The molecular formula is C19H22N4O2. The first-order valence-electron chi connectivity index (χ1n) is 8.19.